The van der Waals surface area contributed by atoms with Crippen LogP contribution in [-0.4, -0.2) is 29.5 Å². The van der Waals surface area contributed by atoms with Crippen LogP contribution in [0.3, 0.4) is 0 Å². The van der Waals surface area contributed by atoms with Crippen LogP contribution in [0, 0.1) is 12.7 Å². The van der Waals surface area contributed by atoms with Gasteiger partial charge < -0.3 is 4.90 Å². The maximum atomic E-state index is 13.2. The number of halogens is 1. The molecule has 28 heavy (non-hydrogen) atoms. The molecule has 144 valence electrons. The minimum Gasteiger partial charge on any atom is -0.302 e. The average molecular weight is 393 g/mol. The van der Waals surface area contributed by atoms with E-state index in [1.807, 2.05) is 19.1 Å². The molecule has 4 heteroatoms. The summed E-state index contributed by atoms with van der Waals surface area (Å²) in [6.45, 7) is 5.32. The van der Waals surface area contributed by atoms with Gasteiger partial charge in [0.15, 0.2) is 0 Å². The van der Waals surface area contributed by atoms with Crippen LogP contribution in [0.4, 0.5) is 4.39 Å². The predicted octanol–water partition coefficient (Wildman–Crippen LogP) is 5.98. The molecule has 2 aromatic carbocycles. The summed E-state index contributed by atoms with van der Waals surface area (Å²) in [4.78, 5) is 8.55. The lowest BCUT2D eigenvalue weighted by molar-refractivity contribution is 0.261. The van der Waals surface area contributed by atoms with E-state index < -0.39 is 0 Å². The molecule has 0 aliphatic carbocycles. The summed E-state index contributed by atoms with van der Waals surface area (Å²) >= 11 is 1.76. The summed E-state index contributed by atoms with van der Waals surface area (Å²) in [5.41, 5.74) is 4.87. The SMILES string of the molecule is Cc1nc(-c2ccc(F)cc2)c(CCN2CCC(=Cc3ccccc3)CC2)s1. The highest BCUT2D eigenvalue weighted by atomic mass is 32.1. The third kappa shape index (κ3) is 4.75. The zero-order chi connectivity index (χ0) is 19.3. The van der Waals surface area contributed by atoms with Gasteiger partial charge in [-0.2, -0.15) is 0 Å². The van der Waals surface area contributed by atoms with Gasteiger partial charge in [0, 0.05) is 30.1 Å². The molecule has 0 atom stereocenters. The zero-order valence-corrected chi connectivity index (χ0v) is 17.0. The average Bonchev–Trinajstić information content (AvgIpc) is 3.09. The Morgan fingerprint density at radius 3 is 2.46 bits per heavy atom. The second kappa shape index (κ2) is 8.80. The van der Waals surface area contributed by atoms with Gasteiger partial charge in [0.05, 0.1) is 10.7 Å². The van der Waals surface area contributed by atoms with Crippen molar-refractivity contribution in [3.63, 3.8) is 0 Å². The Morgan fingerprint density at radius 1 is 1.04 bits per heavy atom. The first-order chi connectivity index (χ1) is 13.7. The van der Waals surface area contributed by atoms with Gasteiger partial charge in [0.2, 0.25) is 0 Å². The predicted molar refractivity (Wildman–Crippen MR) is 116 cm³/mol. The van der Waals surface area contributed by atoms with E-state index in [-0.39, 0.29) is 5.82 Å². The van der Waals surface area contributed by atoms with Crippen LogP contribution < -0.4 is 0 Å². The van der Waals surface area contributed by atoms with Gasteiger partial charge in [-0.15, -0.1) is 11.3 Å². The fourth-order valence-corrected chi connectivity index (χ4v) is 4.67. The van der Waals surface area contributed by atoms with E-state index in [4.69, 9.17) is 4.98 Å². The van der Waals surface area contributed by atoms with Crippen LogP contribution in [0.25, 0.3) is 17.3 Å². The van der Waals surface area contributed by atoms with Gasteiger partial charge in [0.1, 0.15) is 5.82 Å². The largest absolute Gasteiger partial charge is 0.302 e. The van der Waals surface area contributed by atoms with E-state index >= 15 is 0 Å². The molecule has 1 aliphatic rings. The van der Waals surface area contributed by atoms with Crippen molar-refractivity contribution in [3.8, 4) is 11.3 Å². The highest BCUT2D eigenvalue weighted by Gasteiger charge is 2.16. The number of benzene rings is 2. The second-order valence-electron chi connectivity index (χ2n) is 7.32. The molecule has 0 amide bonds. The van der Waals surface area contributed by atoms with Crippen LogP contribution in [-0.2, 0) is 6.42 Å². The Bertz CT molecular complexity index is 934. The van der Waals surface area contributed by atoms with Crippen LogP contribution in [0.5, 0.6) is 0 Å². The monoisotopic (exact) mass is 392 g/mol. The van der Waals surface area contributed by atoms with Crippen molar-refractivity contribution < 1.29 is 4.39 Å². The quantitative estimate of drug-likeness (QED) is 0.531. The molecule has 1 aromatic heterocycles. The molecule has 0 N–H and O–H groups in total. The van der Waals surface area contributed by atoms with E-state index in [1.165, 1.54) is 22.6 Å². The molecule has 0 bridgehead atoms. The van der Waals surface area contributed by atoms with Crippen LogP contribution >= 0.6 is 11.3 Å². The van der Waals surface area contributed by atoms with Gasteiger partial charge in [0.25, 0.3) is 0 Å². The molecular formula is C24H25FN2S. The van der Waals surface area contributed by atoms with Crippen molar-refractivity contribution >= 4 is 17.4 Å². The Balaban J connectivity index is 1.36. The molecule has 0 radical (unpaired) electrons. The van der Waals surface area contributed by atoms with Crippen molar-refractivity contribution in [2.24, 2.45) is 0 Å². The number of nitrogens with zero attached hydrogens (tertiary/aromatic N) is 2. The van der Waals surface area contributed by atoms with Gasteiger partial charge in [-0.3, -0.25) is 0 Å². The summed E-state index contributed by atoms with van der Waals surface area (Å²) in [5, 5.41) is 1.07. The lowest BCUT2D eigenvalue weighted by atomic mass is 10.0. The highest BCUT2D eigenvalue weighted by Crippen LogP contribution is 2.29. The first kappa shape index (κ1) is 19.0. The molecule has 1 aliphatic heterocycles. The number of hydrogen-bond acceptors (Lipinski definition) is 3. The molecule has 0 saturated carbocycles. The fourth-order valence-electron chi connectivity index (χ4n) is 3.72. The van der Waals surface area contributed by atoms with Gasteiger partial charge >= 0.3 is 0 Å². The molecule has 1 fully saturated rings. The van der Waals surface area contributed by atoms with E-state index in [1.54, 1.807) is 16.9 Å². The third-order valence-corrected chi connectivity index (χ3v) is 6.28. The Labute approximate surface area is 170 Å². The first-order valence-electron chi connectivity index (χ1n) is 9.86. The maximum Gasteiger partial charge on any atom is 0.123 e. The molecule has 0 unspecified atom stereocenters. The van der Waals surface area contributed by atoms with Crippen molar-refractivity contribution in [1.82, 2.24) is 9.88 Å². The number of aryl methyl sites for hydroxylation is 1. The summed E-state index contributed by atoms with van der Waals surface area (Å²) in [7, 11) is 0. The fraction of sp³-hybridized carbons (Fsp3) is 0.292. The van der Waals surface area contributed by atoms with E-state index in [9.17, 15) is 4.39 Å². The molecular weight excluding hydrogens is 367 g/mol. The molecule has 2 heterocycles. The van der Waals surface area contributed by atoms with Crippen molar-refractivity contribution in [2.45, 2.75) is 26.2 Å². The number of rotatable bonds is 5. The normalized spacial score (nSPS) is 15.0. The number of thiazole rings is 1. The number of aromatic nitrogens is 1. The minimum absolute atomic E-state index is 0.204. The maximum absolute atomic E-state index is 13.2. The topological polar surface area (TPSA) is 16.1 Å². The van der Waals surface area contributed by atoms with E-state index in [0.717, 1.165) is 55.2 Å². The second-order valence-corrected chi connectivity index (χ2v) is 8.60. The number of likely N-dealkylation sites (tertiary alicyclic amines) is 1. The van der Waals surface area contributed by atoms with Crippen LogP contribution in [0.2, 0.25) is 0 Å². The Kier molecular flexibility index (Phi) is 5.98. The van der Waals surface area contributed by atoms with Crippen LogP contribution in [0.15, 0.2) is 60.2 Å². The van der Waals surface area contributed by atoms with Gasteiger partial charge in [-0.1, -0.05) is 42.0 Å². The minimum atomic E-state index is -0.204. The number of hydrogen-bond donors (Lipinski definition) is 0. The van der Waals surface area contributed by atoms with Gasteiger partial charge in [-0.05, 0) is 56.0 Å². The van der Waals surface area contributed by atoms with Crippen molar-refractivity contribution in [2.75, 3.05) is 19.6 Å². The van der Waals surface area contributed by atoms with Crippen molar-refractivity contribution in [3.05, 3.63) is 81.4 Å². The molecule has 2 nitrogen and oxygen atoms in total. The Morgan fingerprint density at radius 2 is 1.75 bits per heavy atom. The zero-order valence-electron chi connectivity index (χ0n) is 16.2. The first-order valence-corrected chi connectivity index (χ1v) is 10.7. The summed E-state index contributed by atoms with van der Waals surface area (Å²) in [6.07, 6.45) is 5.62. The summed E-state index contributed by atoms with van der Waals surface area (Å²) in [5.74, 6) is -0.204. The van der Waals surface area contributed by atoms with Gasteiger partial charge in [-0.25, -0.2) is 9.37 Å². The van der Waals surface area contributed by atoms with E-state index in [0.29, 0.717) is 0 Å². The van der Waals surface area contributed by atoms with E-state index in [2.05, 4.69) is 41.3 Å². The smallest absolute Gasteiger partial charge is 0.123 e. The molecule has 3 aromatic rings. The van der Waals surface area contributed by atoms with Crippen molar-refractivity contribution in [1.29, 1.82) is 0 Å². The van der Waals surface area contributed by atoms with Crippen LogP contribution in [0.1, 0.15) is 28.3 Å². The standard InChI is InChI=1S/C24H25FN2S/c1-18-26-24(21-7-9-22(25)10-8-21)23(28-18)13-16-27-14-11-20(12-15-27)17-19-5-3-2-4-6-19/h2-10,17H,11-16H2,1H3. The Hall–Kier alpha value is -2.30. The summed E-state index contributed by atoms with van der Waals surface area (Å²) in [6, 6.07) is 17.3. The lowest BCUT2D eigenvalue weighted by Crippen LogP contribution is -2.32. The molecule has 4 rings (SSSR count). The third-order valence-electron chi connectivity index (χ3n) is 5.25. The molecule has 0 spiro atoms. The highest BCUT2D eigenvalue weighted by molar-refractivity contribution is 7.12. The molecule has 1 saturated heterocycles. The number of piperidine rings is 1. The lowest BCUT2D eigenvalue weighted by Gasteiger charge is -2.28. The summed E-state index contributed by atoms with van der Waals surface area (Å²) < 4.78 is 13.2.